The molecule has 1 amide bonds. The lowest BCUT2D eigenvalue weighted by Crippen LogP contribution is -2.43. The smallest absolute Gasteiger partial charge is 0.410 e. The van der Waals surface area contributed by atoms with Crippen LogP contribution >= 0.6 is 11.8 Å². The highest BCUT2D eigenvalue weighted by atomic mass is 32.2. The van der Waals surface area contributed by atoms with Crippen molar-refractivity contribution in [3.8, 4) is 0 Å². The number of oxazole rings is 1. The van der Waals surface area contributed by atoms with Gasteiger partial charge in [-0.3, -0.25) is 10.1 Å². The van der Waals surface area contributed by atoms with Gasteiger partial charge in [0.25, 0.3) is 10.9 Å². The molecule has 3 rings (SSSR count). The van der Waals surface area contributed by atoms with Gasteiger partial charge in [0, 0.05) is 31.0 Å². The molecule has 0 bridgehead atoms. The first kappa shape index (κ1) is 19.5. The number of hydrogen-bond acceptors (Lipinski definition) is 7. The number of benzene rings is 1. The third kappa shape index (κ3) is 5.12. The largest absolute Gasteiger partial charge is 0.444 e. The lowest BCUT2D eigenvalue weighted by molar-refractivity contribution is -0.384. The topological polar surface area (TPSA) is 98.7 Å². The van der Waals surface area contributed by atoms with E-state index in [1.165, 1.54) is 23.9 Å². The fourth-order valence-corrected chi connectivity index (χ4v) is 3.91. The van der Waals surface area contributed by atoms with Gasteiger partial charge in [0.1, 0.15) is 11.1 Å². The number of amides is 1. The van der Waals surface area contributed by atoms with E-state index in [0.717, 1.165) is 18.6 Å². The second-order valence-corrected chi connectivity index (χ2v) is 8.61. The number of nitro benzene ring substituents is 1. The van der Waals surface area contributed by atoms with Gasteiger partial charge in [0.2, 0.25) is 0 Å². The summed E-state index contributed by atoms with van der Waals surface area (Å²) in [6.45, 7) is 6.94. The van der Waals surface area contributed by atoms with E-state index in [9.17, 15) is 14.9 Å². The molecule has 0 aliphatic carbocycles. The summed E-state index contributed by atoms with van der Waals surface area (Å²) < 4.78 is 11.1. The fourth-order valence-electron chi connectivity index (χ4n) is 2.95. The molecule has 2 heterocycles. The van der Waals surface area contributed by atoms with Crippen LogP contribution in [0.25, 0.3) is 11.1 Å². The van der Waals surface area contributed by atoms with Crippen molar-refractivity contribution in [3.05, 3.63) is 28.3 Å². The Morgan fingerprint density at radius 2 is 2.26 bits per heavy atom. The average Bonchev–Trinajstić information content (AvgIpc) is 3.00. The van der Waals surface area contributed by atoms with Gasteiger partial charge in [-0.2, -0.15) is 0 Å². The zero-order valence-corrected chi connectivity index (χ0v) is 16.5. The number of nitrogens with zero attached hydrogens (tertiary/aromatic N) is 3. The van der Waals surface area contributed by atoms with Gasteiger partial charge >= 0.3 is 6.09 Å². The van der Waals surface area contributed by atoms with Gasteiger partial charge in [-0.1, -0.05) is 11.8 Å². The number of hydrogen-bond donors (Lipinski definition) is 0. The number of likely N-dealkylation sites (tertiary alicyclic amines) is 1. The molecule has 1 saturated heterocycles. The van der Waals surface area contributed by atoms with Crippen LogP contribution in [0.15, 0.2) is 27.8 Å². The molecule has 1 unspecified atom stereocenters. The minimum absolute atomic E-state index is 0.00682. The van der Waals surface area contributed by atoms with E-state index in [-0.39, 0.29) is 11.8 Å². The van der Waals surface area contributed by atoms with Gasteiger partial charge in [-0.25, -0.2) is 9.78 Å². The van der Waals surface area contributed by atoms with Gasteiger partial charge < -0.3 is 14.1 Å². The molecule has 0 N–H and O–H groups in total. The third-order valence-corrected chi connectivity index (χ3v) is 5.24. The van der Waals surface area contributed by atoms with Crippen LogP contribution in [0, 0.1) is 16.0 Å². The number of carbonyl (C=O) groups is 1. The maximum Gasteiger partial charge on any atom is 0.410 e. The average molecular weight is 393 g/mol. The monoisotopic (exact) mass is 393 g/mol. The molecule has 1 aromatic carbocycles. The van der Waals surface area contributed by atoms with E-state index in [4.69, 9.17) is 9.15 Å². The van der Waals surface area contributed by atoms with Crippen LogP contribution in [-0.2, 0) is 4.74 Å². The predicted molar refractivity (Wildman–Crippen MR) is 102 cm³/mol. The Kier molecular flexibility index (Phi) is 5.59. The third-order valence-electron chi connectivity index (χ3n) is 4.18. The van der Waals surface area contributed by atoms with Gasteiger partial charge in [-0.05, 0) is 45.6 Å². The van der Waals surface area contributed by atoms with Crippen molar-refractivity contribution in [1.82, 2.24) is 9.88 Å². The zero-order valence-electron chi connectivity index (χ0n) is 15.6. The van der Waals surface area contributed by atoms with Crippen molar-refractivity contribution < 1.29 is 18.9 Å². The van der Waals surface area contributed by atoms with Crippen molar-refractivity contribution in [1.29, 1.82) is 0 Å². The maximum atomic E-state index is 12.2. The minimum Gasteiger partial charge on any atom is -0.444 e. The highest BCUT2D eigenvalue weighted by Crippen LogP contribution is 2.30. The summed E-state index contributed by atoms with van der Waals surface area (Å²) >= 11 is 1.47. The first-order chi connectivity index (χ1) is 12.7. The summed E-state index contributed by atoms with van der Waals surface area (Å²) in [7, 11) is 0. The van der Waals surface area contributed by atoms with Crippen molar-refractivity contribution in [2.45, 2.75) is 44.4 Å². The number of fused-ring (bicyclic) bond motifs is 1. The Labute approximate surface area is 161 Å². The molecule has 8 nitrogen and oxygen atoms in total. The molecular weight excluding hydrogens is 370 g/mol. The summed E-state index contributed by atoms with van der Waals surface area (Å²) in [5.74, 6) is 1.08. The molecule has 1 aliphatic rings. The molecule has 1 fully saturated rings. The Hall–Kier alpha value is -2.29. The van der Waals surface area contributed by atoms with E-state index >= 15 is 0 Å². The normalized spacial score (nSPS) is 17.9. The molecule has 27 heavy (non-hydrogen) atoms. The van der Waals surface area contributed by atoms with E-state index in [0.29, 0.717) is 35.3 Å². The van der Waals surface area contributed by atoms with Crippen molar-refractivity contribution >= 4 is 34.6 Å². The number of rotatable bonds is 4. The predicted octanol–water partition coefficient (Wildman–Crippen LogP) is 4.48. The van der Waals surface area contributed by atoms with Crippen LogP contribution in [0.4, 0.5) is 10.5 Å². The molecule has 146 valence electrons. The van der Waals surface area contributed by atoms with Gasteiger partial charge in [-0.15, -0.1) is 0 Å². The van der Waals surface area contributed by atoms with Crippen molar-refractivity contribution in [2.75, 3.05) is 18.8 Å². The first-order valence-electron chi connectivity index (χ1n) is 8.87. The minimum atomic E-state index is -0.500. The summed E-state index contributed by atoms with van der Waals surface area (Å²) in [5.41, 5.74) is 0.500. The quantitative estimate of drug-likeness (QED) is 0.429. The molecule has 1 aliphatic heterocycles. The highest BCUT2D eigenvalue weighted by Gasteiger charge is 2.28. The number of non-ortho nitro benzene ring substituents is 1. The lowest BCUT2D eigenvalue weighted by atomic mass is 10.0. The summed E-state index contributed by atoms with van der Waals surface area (Å²) in [6, 6.07) is 4.38. The SMILES string of the molecule is CC(C)(C)OC(=O)N1CCCC(CSc2nc3cc([N+](=O)[O-])ccc3o2)C1. The van der Waals surface area contributed by atoms with Crippen LogP contribution in [0.2, 0.25) is 0 Å². The number of carbonyl (C=O) groups excluding carboxylic acids is 1. The number of piperidine rings is 1. The van der Waals surface area contributed by atoms with Crippen LogP contribution in [0.3, 0.4) is 0 Å². The highest BCUT2D eigenvalue weighted by molar-refractivity contribution is 7.99. The standard InChI is InChI=1S/C18H23N3O5S/c1-18(2,3)26-17(22)20-8-4-5-12(10-20)11-27-16-19-14-9-13(21(23)24)6-7-15(14)25-16/h6-7,9,12H,4-5,8,10-11H2,1-3H3. The van der Waals surface area contributed by atoms with E-state index < -0.39 is 10.5 Å². The molecule has 2 aromatic rings. The van der Waals surface area contributed by atoms with E-state index in [1.54, 1.807) is 11.0 Å². The van der Waals surface area contributed by atoms with Crippen LogP contribution in [-0.4, -0.2) is 45.3 Å². The Morgan fingerprint density at radius 3 is 2.96 bits per heavy atom. The summed E-state index contributed by atoms with van der Waals surface area (Å²) in [5, 5.41) is 11.3. The zero-order chi connectivity index (χ0) is 19.6. The van der Waals surface area contributed by atoms with Crippen LogP contribution < -0.4 is 0 Å². The first-order valence-corrected chi connectivity index (χ1v) is 9.85. The molecule has 1 atom stereocenters. The Bertz CT molecular complexity index is 845. The Balaban J connectivity index is 1.58. The van der Waals surface area contributed by atoms with E-state index in [1.807, 2.05) is 20.8 Å². The van der Waals surface area contributed by atoms with E-state index in [2.05, 4.69) is 4.98 Å². The molecule has 0 saturated carbocycles. The van der Waals surface area contributed by atoms with Crippen molar-refractivity contribution in [3.63, 3.8) is 0 Å². The van der Waals surface area contributed by atoms with Crippen molar-refractivity contribution in [2.24, 2.45) is 5.92 Å². The number of nitro groups is 1. The van der Waals surface area contributed by atoms with Crippen LogP contribution in [0.1, 0.15) is 33.6 Å². The Morgan fingerprint density at radius 1 is 1.48 bits per heavy atom. The lowest BCUT2D eigenvalue weighted by Gasteiger charge is -2.33. The number of thioether (sulfide) groups is 1. The molecule has 1 aromatic heterocycles. The second kappa shape index (κ2) is 7.75. The maximum absolute atomic E-state index is 12.2. The molecule has 0 radical (unpaired) electrons. The van der Waals surface area contributed by atoms with Crippen LogP contribution in [0.5, 0.6) is 0 Å². The summed E-state index contributed by atoms with van der Waals surface area (Å²) in [4.78, 5) is 28.7. The number of ether oxygens (including phenoxy) is 1. The number of aromatic nitrogens is 1. The molecule has 9 heteroatoms. The van der Waals surface area contributed by atoms with Gasteiger partial charge in [0.05, 0.1) is 4.92 Å². The molecule has 0 spiro atoms. The fraction of sp³-hybridized carbons (Fsp3) is 0.556. The second-order valence-electron chi connectivity index (χ2n) is 7.63. The van der Waals surface area contributed by atoms with Gasteiger partial charge in [0.15, 0.2) is 5.58 Å². The molecular formula is C18H23N3O5S. The summed E-state index contributed by atoms with van der Waals surface area (Å²) in [6.07, 6.45) is 1.69.